The number of aromatic hydroxyl groups is 1. The number of carbonyl (C=O) groups is 2. The van der Waals surface area contributed by atoms with Crippen molar-refractivity contribution >= 4 is 11.8 Å². The van der Waals surface area contributed by atoms with E-state index in [0.29, 0.717) is 13.0 Å². The average Bonchev–Trinajstić information content (AvgIpc) is 2.51. The van der Waals surface area contributed by atoms with E-state index in [9.17, 15) is 27.9 Å². The van der Waals surface area contributed by atoms with Gasteiger partial charge in [0.2, 0.25) is 5.91 Å². The summed E-state index contributed by atoms with van der Waals surface area (Å²) in [6, 6.07) is 3.22. The van der Waals surface area contributed by atoms with Crippen LogP contribution in [0.3, 0.4) is 0 Å². The molecule has 2 rings (SSSR count). The molecule has 1 aromatic rings. The second kappa shape index (κ2) is 7.41. The Hall–Kier alpha value is -2.45. The van der Waals surface area contributed by atoms with Gasteiger partial charge in [-0.1, -0.05) is 0 Å². The van der Waals surface area contributed by atoms with E-state index in [0.717, 1.165) is 31.0 Å². The fraction of sp³-hybridized carbons (Fsp3) is 0.467. The number of nitrogens with one attached hydrogen (secondary N) is 1. The molecule has 9 heteroatoms. The zero-order valence-corrected chi connectivity index (χ0v) is 12.7. The van der Waals surface area contributed by atoms with Gasteiger partial charge in [-0.25, -0.2) is 0 Å². The van der Waals surface area contributed by atoms with E-state index in [1.807, 2.05) is 0 Å². The minimum absolute atomic E-state index is 0.0496. The Balaban J connectivity index is 2.04. The van der Waals surface area contributed by atoms with Crippen molar-refractivity contribution in [3.05, 3.63) is 23.8 Å². The largest absolute Gasteiger partial charge is 0.508 e. The predicted molar refractivity (Wildman–Crippen MR) is 77.6 cm³/mol. The smallest absolute Gasteiger partial charge is 0.422 e. The Morgan fingerprint density at radius 1 is 1.33 bits per heavy atom. The lowest BCUT2D eigenvalue weighted by molar-refractivity contribution is -0.153. The molecule has 0 aromatic heterocycles. The second-order valence-electron chi connectivity index (χ2n) is 5.36. The lowest BCUT2D eigenvalue weighted by Crippen LogP contribution is -2.43. The Labute approximate surface area is 136 Å². The summed E-state index contributed by atoms with van der Waals surface area (Å²) in [6.45, 7) is -1.09. The van der Waals surface area contributed by atoms with Crippen LogP contribution in [0.25, 0.3) is 0 Å². The minimum atomic E-state index is -4.55. The Bertz CT molecular complexity index is 619. The number of nitrogens with zero attached hydrogens (tertiary/aromatic N) is 1. The molecule has 1 heterocycles. The molecule has 0 spiro atoms. The summed E-state index contributed by atoms with van der Waals surface area (Å²) in [4.78, 5) is 25.3. The highest BCUT2D eigenvalue weighted by Crippen LogP contribution is 2.26. The van der Waals surface area contributed by atoms with Gasteiger partial charge in [0, 0.05) is 13.0 Å². The maximum absolute atomic E-state index is 12.3. The number of hydrogen-bond acceptors (Lipinski definition) is 4. The number of halogens is 3. The van der Waals surface area contributed by atoms with Crippen LogP contribution in [0.5, 0.6) is 11.5 Å². The van der Waals surface area contributed by atoms with E-state index in [-0.39, 0.29) is 29.6 Å². The van der Waals surface area contributed by atoms with E-state index < -0.39 is 18.7 Å². The van der Waals surface area contributed by atoms with Gasteiger partial charge in [0.25, 0.3) is 5.91 Å². The van der Waals surface area contributed by atoms with Crippen LogP contribution in [0, 0.1) is 0 Å². The van der Waals surface area contributed by atoms with Gasteiger partial charge in [-0.05, 0) is 31.0 Å². The third-order valence-electron chi connectivity index (χ3n) is 3.45. The molecule has 1 saturated heterocycles. The molecule has 1 aliphatic heterocycles. The molecule has 1 fully saturated rings. The fourth-order valence-corrected chi connectivity index (χ4v) is 2.27. The topological polar surface area (TPSA) is 78.9 Å². The summed E-state index contributed by atoms with van der Waals surface area (Å²) in [7, 11) is 0. The van der Waals surface area contributed by atoms with Gasteiger partial charge in [0.15, 0.2) is 6.61 Å². The molecule has 1 aromatic carbocycles. The van der Waals surface area contributed by atoms with Crippen molar-refractivity contribution in [1.29, 1.82) is 0 Å². The van der Waals surface area contributed by atoms with E-state index in [2.05, 4.69) is 10.1 Å². The number of alkyl halides is 3. The highest BCUT2D eigenvalue weighted by atomic mass is 19.4. The molecule has 24 heavy (non-hydrogen) atoms. The summed E-state index contributed by atoms with van der Waals surface area (Å²) in [5.74, 6) is -1.41. The van der Waals surface area contributed by atoms with Gasteiger partial charge in [0.1, 0.15) is 11.5 Å². The number of piperidine rings is 1. The van der Waals surface area contributed by atoms with E-state index in [1.54, 1.807) is 0 Å². The Kier molecular flexibility index (Phi) is 5.53. The summed E-state index contributed by atoms with van der Waals surface area (Å²) >= 11 is 0. The van der Waals surface area contributed by atoms with Gasteiger partial charge in [-0.2, -0.15) is 13.2 Å². The number of hydrogen-bond donors (Lipinski definition) is 2. The molecule has 6 nitrogen and oxygen atoms in total. The lowest BCUT2D eigenvalue weighted by Gasteiger charge is -2.26. The van der Waals surface area contributed by atoms with Crippen molar-refractivity contribution in [2.45, 2.75) is 25.4 Å². The number of ether oxygens (including phenoxy) is 1. The summed E-state index contributed by atoms with van der Waals surface area (Å²) in [6.07, 6.45) is -2.52. The van der Waals surface area contributed by atoms with Crippen molar-refractivity contribution in [2.24, 2.45) is 0 Å². The minimum Gasteiger partial charge on any atom is -0.508 e. The first-order valence-corrected chi connectivity index (χ1v) is 7.35. The van der Waals surface area contributed by atoms with Crippen LogP contribution in [0.15, 0.2) is 18.2 Å². The van der Waals surface area contributed by atoms with E-state index >= 15 is 0 Å². The maximum Gasteiger partial charge on any atom is 0.422 e. The Morgan fingerprint density at radius 2 is 2.08 bits per heavy atom. The number of benzene rings is 1. The van der Waals surface area contributed by atoms with Crippen LogP contribution in [0.2, 0.25) is 0 Å². The summed E-state index contributed by atoms with van der Waals surface area (Å²) in [5.41, 5.74) is -0.233. The van der Waals surface area contributed by atoms with E-state index in [1.165, 1.54) is 4.90 Å². The second-order valence-corrected chi connectivity index (χ2v) is 5.36. The quantitative estimate of drug-likeness (QED) is 0.855. The van der Waals surface area contributed by atoms with Crippen LogP contribution >= 0.6 is 0 Å². The zero-order chi connectivity index (χ0) is 17.7. The SMILES string of the molecule is O=C(NCN1CCCCC1=O)c1cc(O)ccc1OCC(F)(F)F. The number of rotatable bonds is 5. The lowest BCUT2D eigenvalue weighted by atomic mass is 10.1. The van der Waals surface area contributed by atoms with Crippen molar-refractivity contribution in [1.82, 2.24) is 10.2 Å². The number of phenols is 1. The molecule has 1 aliphatic rings. The molecule has 0 aliphatic carbocycles. The van der Waals surface area contributed by atoms with Gasteiger partial charge in [-0.15, -0.1) is 0 Å². The highest BCUT2D eigenvalue weighted by molar-refractivity contribution is 5.97. The highest BCUT2D eigenvalue weighted by Gasteiger charge is 2.29. The fourth-order valence-electron chi connectivity index (χ4n) is 2.27. The first kappa shape index (κ1) is 17.9. The van der Waals surface area contributed by atoms with Gasteiger partial charge in [0.05, 0.1) is 12.2 Å². The first-order valence-electron chi connectivity index (χ1n) is 7.35. The van der Waals surface area contributed by atoms with Crippen LogP contribution in [0.1, 0.15) is 29.6 Å². The molecule has 132 valence electrons. The molecule has 0 atom stereocenters. The molecular weight excluding hydrogens is 329 g/mol. The molecule has 0 radical (unpaired) electrons. The van der Waals surface area contributed by atoms with Crippen LogP contribution < -0.4 is 10.1 Å². The number of amides is 2. The third-order valence-corrected chi connectivity index (χ3v) is 3.45. The predicted octanol–water partition coefficient (Wildman–Crippen LogP) is 2.03. The summed E-state index contributed by atoms with van der Waals surface area (Å²) in [5, 5.41) is 11.9. The van der Waals surface area contributed by atoms with Crippen LogP contribution in [-0.2, 0) is 4.79 Å². The number of likely N-dealkylation sites (tertiary alicyclic amines) is 1. The Morgan fingerprint density at radius 3 is 2.75 bits per heavy atom. The molecule has 0 bridgehead atoms. The summed E-state index contributed by atoms with van der Waals surface area (Å²) < 4.78 is 41.4. The molecular formula is C15H17F3N2O4. The molecule has 2 N–H and O–H groups in total. The first-order chi connectivity index (χ1) is 11.3. The molecule has 0 unspecified atom stereocenters. The normalized spacial score (nSPS) is 15.3. The van der Waals surface area contributed by atoms with Gasteiger partial charge >= 0.3 is 6.18 Å². The van der Waals surface area contributed by atoms with E-state index in [4.69, 9.17) is 0 Å². The molecule has 0 saturated carbocycles. The van der Waals surface area contributed by atoms with Crippen molar-refractivity contribution in [3.63, 3.8) is 0 Å². The van der Waals surface area contributed by atoms with Crippen LogP contribution in [0.4, 0.5) is 13.2 Å². The van der Waals surface area contributed by atoms with Gasteiger partial charge in [-0.3, -0.25) is 9.59 Å². The van der Waals surface area contributed by atoms with Crippen LogP contribution in [-0.4, -0.2) is 47.8 Å². The van der Waals surface area contributed by atoms with Crippen molar-refractivity contribution < 1.29 is 32.6 Å². The maximum atomic E-state index is 12.3. The third kappa shape index (κ3) is 5.04. The number of carbonyl (C=O) groups excluding carboxylic acids is 2. The average molecular weight is 346 g/mol. The van der Waals surface area contributed by atoms with Crippen molar-refractivity contribution in [2.75, 3.05) is 19.8 Å². The van der Waals surface area contributed by atoms with Gasteiger partial charge < -0.3 is 20.1 Å². The molecule has 2 amide bonds. The zero-order valence-electron chi connectivity index (χ0n) is 12.7. The number of phenolic OH excluding ortho intramolecular Hbond substituents is 1. The monoisotopic (exact) mass is 346 g/mol. The van der Waals surface area contributed by atoms with Crippen molar-refractivity contribution in [3.8, 4) is 11.5 Å². The standard InChI is InChI=1S/C15H17F3N2O4/c16-15(17,18)8-24-12-5-4-10(21)7-11(12)14(23)19-9-20-6-2-1-3-13(20)22/h4-5,7,21H,1-3,6,8-9H2,(H,19,23).